The van der Waals surface area contributed by atoms with Crippen molar-refractivity contribution >= 4 is 11.8 Å². The van der Waals surface area contributed by atoms with Crippen LogP contribution in [0.3, 0.4) is 0 Å². The summed E-state index contributed by atoms with van der Waals surface area (Å²) in [6.07, 6.45) is 30.3. The first-order chi connectivity index (χ1) is 15.6. The number of carboxylic acid groups (broad SMARTS) is 1. The molecule has 5 nitrogen and oxygen atoms in total. The number of carbonyl (C=O) groups is 1. The van der Waals surface area contributed by atoms with Crippen LogP contribution < -0.4 is 5.73 Å². The van der Waals surface area contributed by atoms with Gasteiger partial charge in [-0.15, -0.1) is 0 Å². The molecule has 3 N–H and O–H groups in total. The quantitative estimate of drug-likeness (QED) is 0.107. The van der Waals surface area contributed by atoms with Gasteiger partial charge in [-0.1, -0.05) is 89.7 Å². The molecule has 5 heteroatoms. The normalized spacial score (nSPS) is 18.0. The Hall–Kier alpha value is -1.46. The van der Waals surface area contributed by atoms with Gasteiger partial charge >= 0.3 is 5.97 Å². The third-order valence-corrected chi connectivity index (χ3v) is 6.45. The average Bonchev–Trinajstić information content (AvgIpc) is 3.14. The lowest BCUT2D eigenvalue weighted by Crippen LogP contribution is -2.52. The zero-order valence-corrected chi connectivity index (χ0v) is 20.8. The number of hydrogen-bond acceptors (Lipinski definition) is 3. The minimum absolute atomic E-state index is 0.0360. The molecule has 184 valence electrons. The highest BCUT2D eigenvalue weighted by molar-refractivity contribution is 5.81. The molecule has 1 heterocycles. The van der Waals surface area contributed by atoms with Crippen LogP contribution in [0, 0.1) is 0 Å². The molecule has 0 saturated carbocycles. The van der Waals surface area contributed by atoms with Gasteiger partial charge in [0.15, 0.2) is 6.54 Å². The fourth-order valence-electron chi connectivity index (χ4n) is 4.52. The van der Waals surface area contributed by atoms with Gasteiger partial charge in [-0.05, 0) is 32.1 Å². The fourth-order valence-corrected chi connectivity index (χ4v) is 4.52. The van der Waals surface area contributed by atoms with Crippen LogP contribution >= 0.6 is 0 Å². The van der Waals surface area contributed by atoms with Gasteiger partial charge in [0.25, 0.3) is 0 Å². The van der Waals surface area contributed by atoms with E-state index in [1.807, 2.05) is 6.20 Å². The number of nitrogens with two attached hydrogens (primary N) is 1. The molecule has 0 aromatic heterocycles. The molecule has 1 atom stereocenters. The standard InChI is InChI=1S/C27H49N3O2/c1-2-3-4-5-6-7-8-9-10-11-12-13-14-15-16-17-18-19-20-26-29-22-24-30(26,23-21-28)25-27(31)32/h14-15,22,24H,2-13,16-21,23,25,28H2,1H3/p+1/b15-14+. The number of aliphatic imine (C=N–C) groups is 1. The van der Waals surface area contributed by atoms with Crippen molar-refractivity contribution in [2.45, 2.75) is 116 Å². The van der Waals surface area contributed by atoms with Crippen molar-refractivity contribution in [1.82, 2.24) is 0 Å². The number of aliphatic carboxylic acids is 1. The summed E-state index contributed by atoms with van der Waals surface area (Å²) in [4.78, 5) is 15.7. The Kier molecular flexibility index (Phi) is 17.0. The molecule has 1 aliphatic rings. The van der Waals surface area contributed by atoms with Gasteiger partial charge in [0.05, 0.1) is 6.20 Å². The maximum atomic E-state index is 11.3. The van der Waals surface area contributed by atoms with Gasteiger partial charge in [0.2, 0.25) is 5.84 Å². The predicted molar refractivity (Wildman–Crippen MR) is 137 cm³/mol. The van der Waals surface area contributed by atoms with Crippen LogP contribution in [0.1, 0.15) is 116 Å². The summed E-state index contributed by atoms with van der Waals surface area (Å²) in [5.41, 5.74) is 5.73. The predicted octanol–water partition coefficient (Wildman–Crippen LogP) is 6.94. The number of amidine groups is 1. The van der Waals surface area contributed by atoms with Crippen molar-refractivity contribution in [2.24, 2.45) is 10.7 Å². The lowest BCUT2D eigenvalue weighted by Gasteiger charge is -2.30. The van der Waals surface area contributed by atoms with Gasteiger partial charge in [-0.25, -0.2) is 14.3 Å². The molecule has 0 aliphatic carbocycles. The van der Waals surface area contributed by atoms with Crippen molar-refractivity contribution in [2.75, 3.05) is 19.6 Å². The van der Waals surface area contributed by atoms with Crippen LogP contribution in [-0.2, 0) is 4.79 Å². The maximum absolute atomic E-state index is 11.3. The molecule has 0 bridgehead atoms. The molecule has 0 radical (unpaired) electrons. The van der Waals surface area contributed by atoms with Gasteiger partial charge in [-0.3, -0.25) is 0 Å². The van der Waals surface area contributed by atoms with E-state index < -0.39 is 5.97 Å². The first-order valence-electron chi connectivity index (χ1n) is 13.3. The Bertz CT molecular complexity index is 571. The molecular formula is C27H50N3O2+. The summed E-state index contributed by atoms with van der Waals surface area (Å²) in [6.45, 7) is 3.37. The van der Waals surface area contributed by atoms with E-state index in [-0.39, 0.29) is 6.54 Å². The number of unbranched alkanes of at least 4 members (excludes halogenated alkanes) is 14. The first kappa shape index (κ1) is 28.6. The zero-order chi connectivity index (χ0) is 23.3. The minimum atomic E-state index is -0.805. The lowest BCUT2D eigenvalue weighted by molar-refractivity contribution is -0.778. The third-order valence-electron chi connectivity index (χ3n) is 6.45. The van der Waals surface area contributed by atoms with E-state index in [9.17, 15) is 9.90 Å². The lowest BCUT2D eigenvalue weighted by atomic mass is 10.1. The topological polar surface area (TPSA) is 75.7 Å². The fraction of sp³-hybridized carbons (Fsp3) is 0.778. The van der Waals surface area contributed by atoms with Crippen molar-refractivity contribution < 1.29 is 14.4 Å². The summed E-state index contributed by atoms with van der Waals surface area (Å²) >= 11 is 0. The summed E-state index contributed by atoms with van der Waals surface area (Å²) in [5.74, 6) is 0.144. The molecule has 1 aliphatic heterocycles. The SMILES string of the molecule is CCCCCCCCCCCCC/C=C/CCCCCC1=NC=C[N+]1(CCN)CC(=O)O. The molecule has 0 spiro atoms. The van der Waals surface area contributed by atoms with Crippen LogP contribution in [-0.4, -0.2) is 41.0 Å². The van der Waals surface area contributed by atoms with E-state index in [2.05, 4.69) is 24.1 Å². The van der Waals surface area contributed by atoms with Gasteiger partial charge in [0.1, 0.15) is 12.7 Å². The molecule has 0 saturated heterocycles. The summed E-state index contributed by atoms with van der Waals surface area (Å²) in [7, 11) is 0. The summed E-state index contributed by atoms with van der Waals surface area (Å²) in [6, 6.07) is 0. The maximum Gasteiger partial charge on any atom is 0.360 e. The molecular weight excluding hydrogens is 398 g/mol. The van der Waals surface area contributed by atoms with E-state index in [1.54, 1.807) is 6.20 Å². The molecule has 0 aromatic carbocycles. The van der Waals surface area contributed by atoms with E-state index in [0.717, 1.165) is 31.5 Å². The number of nitrogens with zero attached hydrogens (tertiary/aromatic N) is 2. The number of rotatable bonds is 22. The van der Waals surface area contributed by atoms with Crippen LogP contribution in [0.25, 0.3) is 0 Å². The van der Waals surface area contributed by atoms with Gasteiger partial charge < -0.3 is 10.8 Å². The van der Waals surface area contributed by atoms with Crippen LogP contribution in [0.4, 0.5) is 0 Å². The van der Waals surface area contributed by atoms with Crippen molar-refractivity contribution in [3.63, 3.8) is 0 Å². The Balaban J connectivity index is 1.96. The third kappa shape index (κ3) is 13.2. The van der Waals surface area contributed by atoms with Crippen LogP contribution in [0.2, 0.25) is 0 Å². The molecule has 0 aromatic rings. The van der Waals surface area contributed by atoms with E-state index in [4.69, 9.17) is 5.73 Å². The van der Waals surface area contributed by atoms with Gasteiger partial charge in [-0.2, -0.15) is 0 Å². The highest BCUT2D eigenvalue weighted by Gasteiger charge is 2.36. The second kappa shape index (κ2) is 19.0. The van der Waals surface area contributed by atoms with Crippen molar-refractivity contribution in [1.29, 1.82) is 0 Å². The van der Waals surface area contributed by atoms with E-state index in [1.165, 1.54) is 83.5 Å². The smallest absolute Gasteiger partial charge is 0.360 e. The Morgan fingerprint density at radius 3 is 1.97 bits per heavy atom. The summed E-state index contributed by atoms with van der Waals surface area (Å²) in [5, 5.41) is 9.26. The second-order valence-corrected chi connectivity index (χ2v) is 9.34. The first-order valence-corrected chi connectivity index (χ1v) is 13.3. The molecule has 0 fully saturated rings. The van der Waals surface area contributed by atoms with E-state index in [0.29, 0.717) is 17.6 Å². The number of hydrogen-bond donors (Lipinski definition) is 2. The van der Waals surface area contributed by atoms with Gasteiger partial charge in [0, 0.05) is 13.0 Å². The largest absolute Gasteiger partial charge is 0.477 e. The number of carboxylic acids is 1. The summed E-state index contributed by atoms with van der Waals surface area (Å²) < 4.78 is 0.296. The number of quaternary nitrogens is 1. The Morgan fingerprint density at radius 1 is 0.906 bits per heavy atom. The molecule has 0 amide bonds. The average molecular weight is 449 g/mol. The molecule has 1 unspecified atom stereocenters. The number of allylic oxidation sites excluding steroid dienone is 2. The highest BCUT2D eigenvalue weighted by atomic mass is 16.4. The van der Waals surface area contributed by atoms with Crippen molar-refractivity contribution in [3.05, 3.63) is 24.6 Å². The van der Waals surface area contributed by atoms with Crippen LogP contribution in [0.15, 0.2) is 29.5 Å². The molecule has 1 rings (SSSR count). The zero-order valence-electron chi connectivity index (χ0n) is 20.8. The van der Waals surface area contributed by atoms with Crippen molar-refractivity contribution in [3.8, 4) is 0 Å². The van der Waals surface area contributed by atoms with Crippen LogP contribution in [0.5, 0.6) is 0 Å². The Labute approximate surface area is 197 Å². The minimum Gasteiger partial charge on any atom is -0.477 e. The molecule has 32 heavy (non-hydrogen) atoms. The monoisotopic (exact) mass is 448 g/mol. The van der Waals surface area contributed by atoms with E-state index >= 15 is 0 Å². The highest BCUT2D eigenvalue weighted by Crippen LogP contribution is 2.21. The second-order valence-electron chi connectivity index (χ2n) is 9.34. The Morgan fingerprint density at radius 2 is 1.44 bits per heavy atom.